The van der Waals surface area contributed by atoms with Gasteiger partial charge in [0, 0.05) is 25.8 Å². The molecule has 8 heteroatoms. The van der Waals surface area contributed by atoms with Crippen LogP contribution in [0, 0.1) is 0 Å². The molecule has 0 bridgehead atoms. The van der Waals surface area contributed by atoms with E-state index in [-0.39, 0.29) is 6.03 Å². The molecule has 0 atom stereocenters. The Balaban J connectivity index is 1.43. The van der Waals surface area contributed by atoms with E-state index in [4.69, 9.17) is 9.72 Å². The average molecular weight is 391 g/mol. The van der Waals surface area contributed by atoms with Gasteiger partial charge in [-0.25, -0.2) is 9.78 Å². The van der Waals surface area contributed by atoms with Gasteiger partial charge in [0.05, 0.1) is 35.6 Å². The maximum atomic E-state index is 12.5. The number of morpholine rings is 1. The lowest BCUT2D eigenvalue weighted by Gasteiger charge is -2.28. The Bertz CT molecular complexity index is 812. The van der Waals surface area contributed by atoms with Crippen LogP contribution in [0.15, 0.2) is 18.2 Å². The number of rotatable bonds is 4. The second-order valence-corrected chi connectivity index (χ2v) is 8.51. The third-order valence-corrected chi connectivity index (χ3v) is 6.40. The number of hydrogen-bond acceptors (Lipinski definition) is 6. The largest absolute Gasteiger partial charge is 0.388 e. The van der Waals surface area contributed by atoms with Crippen molar-refractivity contribution in [3.63, 3.8) is 0 Å². The number of anilines is 2. The fraction of sp³-hybridized carbons (Fsp3) is 0.579. The maximum absolute atomic E-state index is 12.5. The Morgan fingerprint density at radius 1 is 1.37 bits per heavy atom. The molecule has 146 valence electrons. The molecule has 2 heterocycles. The van der Waals surface area contributed by atoms with Crippen molar-refractivity contribution in [2.75, 3.05) is 50.1 Å². The van der Waals surface area contributed by atoms with Crippen molar-refractivity contribution < 1.29 is 14.6 Å². The minimum Gasteiger partial charge on any atom is -0.388 e. The van der Waals surface area contributed by atoms with Crippen molar-refractivity contribution in [3.05, 3.63) is 18.2 Å². The van der Waals surface area contributed by atoms with E-state index in [1.165, 1.54) is 0 Å². The number of aromatic nitrogens is 1. The van der Waals surface area contributed by atoms with Gasteiger partial charge in [0.15, 0.2) is 5.13 Å². The first-order chi connectivity index (χ1) is 13.0. The molecule has 4 rings (SSSR count). The van der Waals surface area contributed by atoms with E-state index in [0.29, 0.717) is 6.54 Å². The van der Waals surface area contributed by atoms with Crippen LogP contribution in [0.5, 0.6) is 0 Å². The van der Waals surface area contributed by atoms with Crippen LogP contribution < -0.4 is 10.2 Å². The number of benzene rings is 1. The molecule has 1 saturated heterocycles. The molecule has 1 aliphatic heterocycles. The lowest BCUT2D eigenvalue weighted by atomic mass is 10.0. The van der Waals surface area contributed by atoms with Crippen LogP contribution in [0.4, 0.5) is 15.6 Å². The van der Waals surface area contributed by atoms with Crippen molar-refractivity contribution >= 4 is 38.4 Å². The van der Waals surface area contributed by atoms with Gasteiger partial charge < -0.3 is 25.0 Å². The van der Waals surface area contributed by atoms with Gasteiger partial charge in [-0.2, -0.15) is 0 Å². The summed E-state index contributed by atoms with van der Waals surface area (Å²) in [5.41, 5.74) is 0.948. The maximum Gasteiger partial charge on any atom is 0.321 e. The Morgan fingerprint density at radius 3 is 2.85 bits per heavy atom. The topological polar surface area (TPSA) is 77.9 Å². The van der Waals surface area contributed by atoms with Crippen LogP contribution >= 0.6 is 11.3 Å². The van der Waals surface area contributed by atoms with Gasteiger partial charge in [-0.1, -0.05) is 24.2 Å². The molecule has 1 aliphatic carbocycles. The molecule has 2 fully saturated rings. The molecule has 2 aliphatic rings. The van der Waals surface area contributed by atoms with E-state index in [1.54, 1.807) is 23.3 Å². The van der Waals surface area contributed by atoms with E-state index in [9.17, 15) is 9.90 Å². The highest BCUT2D eigenvalue weighted by atomic mass is 32.1. The fourth-order valence-corrected chi connectivity index (χ4v) is 4.86. The quantitative estimate of drug-likeness (QED) is 0.839. The van der Waals surface area contributed by atoms with Crippen molar-refractivity contribution in [2.45, 2.75) is 31.3 Å². The van der Waals surface area contributed by atoms with E-state index >= 15 is 0 Å². The van der Waals surface area contributed by atoms with E-state index in [0.717, 1.165) is 73.0 Å². The third kappa shape index (κ3) is 4.17. The number of likely N-dealkylation sites (N-methyl/N-ethyl adjacent to an activating group) is 1. The molecule has 1 aromatic heterocycles. The van der Waals surface area contributed by atoms with Gasteiger partial charge in [0.1, 0.15) is 0 Å². The molecule has 0 radical (unpaired) electrons. The van der Waals surface area contributed by atoms with Crippen LogP contribution in [-0.4, -0.2) is 66.5 Å². The number of fused-ring (bicyclic) bond motifs is 1. The summed E-state index contributed by atoms with van der Waals surface area (Å²) in [5, 5.41) is 14.4. The smallest absolute Gasteiger partial charge is 0.321 e. The van der Waals surface area contributed by atoms with Gasteiger partial charge in [-0.05, 0) is 31.0 Å². The van der Waals surface area contributed by atoms with Crippen LogP contribution in [-0.2, 0) is 4.74 Å². The monoisotopic (exact) mass is 390 g/mol. The van der Waals surface area contributed by atoms with E-state index in [1.807, 2.05) is 18.2 Å². The zero-order chi connectivity index (χ0) is 18.9. The van der Waals surface area contributed by atoms with Gasteiger partial charge in [-0.15, -0.1) is 0 Å². The Hall–Kier alpha value is -1.90. The van der Waals surface area contributed by atoms with Crippen LogP contribution in [0.3, 0.4) is 0 Å². The zero-order valence-electron chi connectivity index (χ0n) is 15.6. The molecule has 2 amide bonds. The molecule has 0 spiro atoms. The van der Waals surface area contributed by atoms with Crippen molar-refractivity contribution in [2.24, 2.45) is 0 Å². The molecule has 1 aromatic carbocycles. The normalized spacial score (nSPS) is 19.4. The lowest BCUT2D eigenvalue weighted by molar-refractivity contribution is 0.0261. The van der Waals surface area contributed by atoms with Crippen LogP contribution in [0.25, 0.3) is 10.2 Å². The molecule has 2 N–H and O–H groups in total. The number of thiazole rings is 1. The van der Waals surface area contributed by atoms with Gasteiger partial charge >= 0.3 is 6.03 Å². The number of nitrogens with zero attached hydrogens (tertiary/aromatic N) is 3. The third-order valence-electron chi connectivity index (χ3n) is 5.32. The summed E-state index contributed by atoms with van der Waals surface area (Å²) in [4.78, 5) is 21.0. The summed E-state index contributed by atoms with van der Waals surface area (Å²) in [6, 6.07) is 5.58. The highest BCUT2D eigenvalue weighted by molar-refractivity contribution is 7.22. The Kier molecular flexibility index (Phi) is 5.21. The molecule has 27 heavy (non-hydrogen) atoms. The Labute approximate surface area is 162 Å². The van der Waals surface area contributed by atoms with Crippen molar-refractivity contribution in [3.8, 4) is 0 Å². The number of amides is 2. The number of ether oxygens (including phenoxy) is 1. The summed E-state index contributed by atoms with van der Waals surface area (Å²) in [7, 11) is 1.73. The minimum atomic E-state index is -0.735. The first kappa shape index (κ1) is 18.5. The number of aliphatic hydroxyl groups is 1. The second-order valence-electron chi connectivity index (χ2n) is 7.50. The SMILES string of the molecule is CN(CC1(O)CCCC1)C(=O)Nc1ccc2nc(N3CCOCC3)sc2c1. The summed E-state index contributed by atoms with van der Waals surface area (Å²) in [6.45, 7) is 3.54. The van der Waals surface area contributed by atoms with Crippen LogP contribution in [0.1, 0.15) is 25.7 Å². The van der Waals surface area contributed by atoms with Crippen molar-refractivity contribution in [1.29, 1.82) is 0 Å². The predicted octanol–water partition coefficient (Wildman–Crippen LogP) is 2.90. The molecule has 1 saturated carbocycles. The van der Waals surface area contributed by atoms with Crippen LogP contribution in [0.2, 0.25) is 0 Å². The molecule has 0 unspecified atom stereocenters. The molecular formula is C19H26N4O3S. The average Bonchev–Trinajstić information content (AvgIpc) is 3.28. The summed E-state index contributed by atoms with van der Waals surface area (Å²) in [5.74, 6) is 0. The van der Waals surface area contributed by atoms with Gasteiger partial charge in [-0.3, -0.25) is 0 Å². The van der Waals surface area contributed by atoms with E-state index in [2.05, 4.69) is 10.2 Å². The number of carbonyl (C=O) groups is 1. The van der Waals surface area contributed by atoms with Gasteiger partial charge in [0.2, 0.25) is 0 Å². The highest BCUT2D eigenvalue weighted by Gasteiger charge is 2.33. The van der Waals surface area contributed by atoms with Gasteiger partial charge in [0.25, 0.3) is 0 Å². The fourth-order valence-electron chi connectivity index (χ4n) is 3.80. The predicted molar refractivity (Wildman–Crippen MR) is 108 cm³/mol. The van der Waals surface area contributed by atoms with Crippen molar-refractivity contribution in [1.82, 2.24) is 9.88 Å². The number of hydrogen-bond donors (Lipinski definition) is 2. The van der Waals surface area contributed by atoms with E-state index < -0.39 is 5.60 Å². The molecule has 7 nitrogen and oxygen atoms in total. The lowest BCUT2D eigenvalue weighted by Crippen LogP contribution is -2.43. The first-order valence-electron chi connectivity index (χ1n) is 9.50. The summed E-state index contributed by atoms with van der Waals surface area (Å²) >= 11 is 1.63. The first-order valence-corrected chi connectivity index (χ1v) is 10.3. The second kappa shape index (κ2) is 7.61. The minimum absolute atomic E-state index is 0.201. The summed E-state index contributed by atoms with van der Waals surface area (Å²) in [6.07, 6.45) is 3.59. The number of nitrogens with one attached hydrogen (secondary N) is 1. The molecular weight excluding hydrogens is 364 g/mol. The standard InChI is InChI=1S/C19H26N4O3S/c1-22(13-19(25)6-2-3-7-19)17(24)20-14-4-5-15-16(12-14)27-18(21-15)23-8-10-26-11-9-23/h4-5,12,25H,2-3,6-11,13H2,1H3,(H,20,24). The zero-order valence-corrected chi connectivity index (χ0v) is 16.4. The number of carbonyl (C=O) groups excluding carboxylic acids is 1. The molecule has 2 aromatic rings. The summed E-state index contributed by atoms with van der Waals surface area (Å²) < 4.78 is 6.45. The highest BCUT2D eigenvalue weighted by Crippen LogP contribution is 2.32. The number of urea groups is 1. The Morgan fingerprint density at radius 2 is 2.11 bits per heavy atom.